The van der Waals surface area contributed by atoms with Gasteiger partial charge in [0.05, 0.1) is 44.1 Å². The molecule has 0 saturated carbocycles. The minimum absolute atomic E-state index is 0.00442. The molecule has 22 nitrogen and oxygen atoms in total. The van der Waals surface area contributed by atoms with Crippen molar-refractivity contribution >= 4 is 44.2 Å². The lowest BCUT2D eigenvalue weighted by Gasteiger charge is -2.31. The number of hydrogen-bond acceptors (Lipinski definition) is 18. The van der Waals surface area contributed by atoms with E-state index in [0.717, 1.165) is 21.7 Å². The van der Waals surface area contributed by atoms with Crippen LogP contribution in [0.5, 0.6) is 0 Å². The molecule has 4 aromatic heterocycles. The lowest BCUT2D eigenvalue weighted by Crippen LogP contribution is -2.35. The summed E-state index contributed by atoms with van der Waals surface area (Å²) in [4.78, 5) is 54.2. The molecular weight excluding hydrogens is 665 g/mol. The molecule has 3 fully saturated rings. The number of H-pyrrole nitrogens is 1. The van der Waals surface area contributed by atoms with E-state index in [9.17, 15) is 28.8 Å². The van der Waals surface area contributed by atoms with Crippen molar-refractivity contribution in [3.05, 3.63) is 34.9 Å². The first kappa shape index (κ1) is 31.1. The number of aromatic amines is 1. The van der Waals surface area contributed by atoms with Gasteiger partial charge in [0.2, 0.25) is 5.95 Å². The van der Waals surface area contributed by atoms with Gasteiger partial charge in [0.1, 0.15) is 30.7 Å². The second-order valence-corrected chi connectivity index (χ2v) is 13.2. The standard InChI is InChI=1S/C21H25FN10O12P2/c22-11-14(8-1-25-18-16(23)26-5-28-32(8)18)41-10-4-40-45(35,36)43-13-7(2-33)9(3-39-46(37,38)44-15(10)11)42-20(13)31-6-27-12-17(31)29-21(24)30-19(12)34/h1,5-7,9-11,13-15,20,33H,2-4H2,(H,35,36)(H,37,38)(H2,23,26,28)(H3,24,29,30,34)/p-1. The molecule has 3 saturated heterocycles. The Bertz CT molecular complexity index is 1960. The van der Waals surface area contributed by atoms with Crippen LogP contribution in [0.2, 0.25) is 0 Å². The fourth-order valence-corrected chi connectivity index (χ4v) is 7.51. The van der Waals surface area contributed by atoms with Crippen LogP contribution in [-0.4, -0.2) is 99.5 Å². The predicted molar refractivity (Wildman–Crippen MR) is 144 cm³/mol. The zero-order chi connectivity index (χ0) is 32.5. The molecule has 3 aliphatic heterocycles. The van der Waals surface area contributed by atoms with Gasteiger partial charge in [0.25, 0.3) is 13.4 Å². The van der Waals surface area contributed by atoms with E-state index in [0.29, 0.717) is 0 Å². The Balaban J connectivity index is 1.22. The fourth-order valence-electron chi connectivity index (χ4n) is 5.60. The van der Waals surface area contributed by atoms with Crippen LogP contribution < -0.4 is 21.9 Å². The van der Waals surface area contributed by atoms with E-state index in [4.69, 9.17) is 39.0 Å². The van der Waals surface area contributed by atoms with Gasteiger partial charge in [-0.2, -0.15) is 10.1 Å². The number of ether oxygens (including phenoxy) is 2. The summed E-state index contributed by atoms with van der Waals surface area (Å²) < 4.78 is 76.8. The Morgan fingerprint density at radius 2 is 1.87 bits per heavy atom. The molecular formula is C21H24FN10O12P2-. The monoisotopic (exact) mass is 689 g/mol. The average Bonchev–Trinajstić information content (AvgIpc) is 3.75. The van der Waals surface area contributed by atoms with Gasteiger partial charge in [-0.3, -0.25) is 28.0 Å². The number of halogens is 1. The Morgan fingerprint density at radius 3 is 2.65 bits per heavy atom. The summed E-state index contributed by atoms with van der Waals surface area (Å²) in [5, 5.41) is 14.2. The molecule has 0 spiro atoms. The molecule has 7 rings (SSSR count). The first-order valence-corrected chi connectivity index (χ1v) is 16.3. The fraction of sp³-hybridized carbons (Fsp3) is 0.524. The van der Waals surface area contributed by atoms with Gasteiger partial charge in [-0.05, 0) is 0 Å². The summed E-state index contributed by atoms with van der Waals surface area (Å²) in [6.45, 7) is -2.50. The third kappa shape index (κ3) is 5.38. The largest absolute Gasteiger partial charge is 0.756 e. The molecule has 7 N–H and O–H groups in total. The lowest BCUT2D eigenvalue weighted by atomic mass is 9.99. The zero-order valence-electron chi connectivity index (χ0n) is 23.0. The maximum atomic E-state index is 15.9. The molecule has 0 amide bonds. The molecule has 25 heteroatoms. The number of phosphoric acid groups is 2. The van der Waals surface area contributed by atoms with E-state index in [-0.39, 0.29) is 34.3 Å². The van der Waals surface area contributed by atoms with Crippen LogP contribution in [-0.2, 0) is 36.7 Å². The minimum Gasteiger partial charge on any atom is -0.756 e. The van der Waals surface area contributed by atoms with Crippen LogP contribution in [0.25, 0.3) is 16.8 Å². The highest BCUT2D eigenvalue weighted by atomic mass is 31.2. The lowest BCUT2D eigenvalue weighted by molar-refractivity contribution is -0.236. The SMILES string of the molecule is Nc1nc2c(ncn2C2OC3COP(=O)(O)OC4C(COP(=O)([O-])OC2C3CO)OC(c2cnc3c(N)ncnn23)C4F)c(=O)[nH]1. The molecule has 2 bridgehead atoms. The van der Waals surface area contributed by atoms with Crippen molar-refractivity contribution in [2.45, 2.75) is 42.9 Å². The van der Waals surface area contributed by atoms with E-state index < -0.39 is 89.9 Å². The number of hydrogen-bond donors (Lipinski definition) is 5. The number of aliphatic hydroxyl groups excluding tert-OH is 1. The van der Waals surface area contributed by atoms with Gasteiger partial charge in [0.15, 0.2) is 35.0 Å². The summed E-state index contributed by atoms with van der Waals surface area (Å²) in [5.41, 5.74) is 10.5. The Labute approximate surface area is 254 Å². The molecule has 46 heavy (non-hydrogen) atoms. The predicted octanol–water partition coefficient (Wildman–Crippen LogP) is -1.91. The van der Waals surface area contributed by atoms with Gasteiger partial charge in [-0.15, -0.1) is 0 Å². The number of imidazole rings is 2. The number of nitrogens with two attached hydrogens (primary N) is 2. The summed E-state index contributed by atoms with van der Waals surface area (Å²) in [6, 6.07) is 0. The number of fused-ring (bicyclic) bond motifs is 5. The van der Waals surface area contributed by atoms with Gasteiger partial charge in [-0.1, -0.05) is 0 Å². The molecule has 7 heterocycles. The van der Waals surface area contributed by atoms with Gasteiger partial charge < -0.3 is 44.9 Å². The van der Waals surface area contributed by atoms with E-state index in [1.54, 1.807) is 0 Å². The highest BCUT2D eigenvalue weighted by Gasteiger charge is 2.53. The molecule has 0 aromatic carbocycles. The van der Waals surface area contributed by atoms with Crippen molar-refractivity contribution in [3.8, 4) is 0 Å². The van der Waals surface area contributed by atoms with Crippen molar-refractivity contribution in [1.82, 2.24) is 39.1 Å². The molecule has 4 aromatic rings. The van der Waals surface area contributed by atoms with E-state index in [1.165, 1.54) is 6.20 Å². The van der Waals surface area contributed by atoms with E-state index >= 15 is 4.39 Å². The van der Waals surface area contributed by atoms with Crippen molar-refractivity contribution in [2.75, 3.05) is 31.3 Å². The smallest absolute Gasteiger partial charge is 0.472 e. The first-order chi connectivity index (χ1) is 21.9. The number of phosphoric ester groups is 2. The Hall–Kier alpha value is -3.47. The number of aliphatic hydroxyl groups is 1. The summed E-state index contributed by atoms with van der Waals surface area (Å²) in [7, 11) is -10.5. The van der Waals surface area contributed by atoms with Crippen molar-refractivity contribution in [2.24, 2.45) is 5.92 Å². The maximum absolute atomic E-state index is 15.9. The third-order valence-electron chi connectivity index (χ3n) is 7.67. The topological polar surface area (TPSA) is 312 Å². The Kier molecular flexibility index (Phi) is 7.68. The number of nitrogens with one attached hydrogen (secondary N) is 1. The van der Waals surface area contributed by atoms with Gasteiger partial charge >= 0.3 is 7.82 Å². The van der Waals surface area contributed by atoms with Crippen molar-refractivity contribution in [1.29, 1.82) is 0 Å². The third-order valence-corrected chi connectivity index (χ3v) is 9.63. The van der Waals surface area contributed by atoms with Crippen LogP contribution in [0.3, 0.4) is 0 Å². The number of aromatic nitrogens is 8. The highest BCUT2D eigenvalue weighted by Crippen LogP contribution is 2.54. The quantitative estimate of drug-likeness (QED) is 0.147. The van der Waals surface area contributed by atoms with Crippen LogP contribution >= 0.6 is 15.6 Å². The maximum Gasteiger partial charge on any atom is 0.472 e. The van der Waals surface area contributed by atoms with Crippen LogP contribution in [0.1, 0.15) is 18.0 Å². The number of nitrogen functional groups attached to an aromatic ring is 2. The molecule has 3 aliphatic rings. The van der Waals surface area contributed by atoms with E-state index in [1.807, 2.05) is 0 Å². The van der Waals surface area contributed by atoms with Crippen LogP contribution in [0.4, 0.5) is 16.2 Å². The number of rotatable bonds is 3. The highest BCUT2D eigenvalue weighted by molar-refractivity contribution is 7.47. The van der Waals surface area contributed by atoms with Crippen LogP contribution in [0.15, 0.2) is 23.6 Å². The number of alkyl halides is 1. The molecule has 0 aliphatic carbocycles. The second kappa shape index (κ2) is 11.3. The Morgan fingerprint density at radius 1 is 1.09 bits per heavy atom. The number of nitrogens with zero attached hydrogens (tertiary/aromatic N) is 7. The van der Waals surface area contributed by atoms with Crippen molar-refractivity contribution < 1.29 is 56.0 Å². The number of anilines is 2. The molecule has 248 valence electrons. The van der Waals surface area contributed by atoms with Gasteiger partial charge in [-0.25, -0.2) is 28.4 Å². The molecule has 0 radical (unpaired) electrons. The van der Waals surface area contributed by atoms with E-state index in [2.05, 4.69) is 30.0 Å². The molecule has 10 atom stereocenters. The van der Waals surface area contributed by atoms with Crippen molar-refractivity contribution in [3.63, 3.8) is 0 Å². The van der Waals surface area contributed by atoms with Gasteiger partial charge in [0, 0.05) is 5.92 Å². The summed E-state index contributed by atoms with van der Waals surface area (Å²) in [5.74, 6) is -1.55. The summed E-state index contributed by atoms with van der Waals surface area (Å²) >= 11 is 0. The van der Waals surface area contributed by atoms with Crippen LogP contribution in [0, 0.1) is 5.92 Å². The zero-order valence-corrected chi connectivity index (χ0v) is 24.8. The first-order valence-electron chi connectivity index (χ1n) is 13.4. The second-order valence-electron chi connectivity index (χ2n) is 10.4. The normalized spacial score (nSPS) is 37.1. The minimum atomic E-state index is -5.37. The summed E-state index contributed by atoms with van der Waals surface area (Å²) in [6.07, 6.45) is -8.28. The molecule has 10 unspecified atom stereocenters. The average molecular weight is 689 g/mol.